The van der Waals surface area contributed by atoms with E-state index in [4.69, 9.17) is 4.74 Å². The molecule has 1 heterocycles. The van der Waals surface area contributed by atoms with E-state index in [0.717, 1.165) is 19.0 Å². The molecule has 0 atom stereocenters. The van der Waals surface area contributed by atoms with Crippen LogP contribution in [0.2, 0.25) is 0 Å². The van der Waals surface area contributed by atoms with Gasteiger partial charge in [0, 0.05) is 39.1 Å². The molecule has 0 saturated heterocycles. The fraction of sp³-hybridized carbons (Fsp3) is 0.474. The van der Waals surface area contributed by atoms with Gasteiger partial charge in [0.05, 0.1) is 18.5 Å². The molecule has 2 rings (SSSR count). The predicted molar refractivity (Wildman–Crippen MR) is 102 cm³/mol. The summed E-state index contributed by atoms with van der Waals surface area (Å²) in [6.45, 7) is 9.10. The van der Waals surface area contributed by atoms with Crippen molar-refractivity contribution in [2.24, 2.45) is 4.99 Å². The van der Waals surface area contributed by atoms with E-state index in [0.29, 0.717) is 13.1 Å². The van der Waals surface area contributed by atoms with Gasteiger partial charge in [-0.15, -0.1) is 0 Å². The molecule has 0 radical (unpaired) electrons. The predicted octanol–water partition coefficient (Wildman–Crippen LogP) is 2.41. The molecule has 2 N–H and O–H groups in total. The van der Waals surface area contributed by atoms with Gasteiger partial charge in [0.15, 0.2) is 5.96 Å². The van der Waals surface area contributed by atoms with Crippen molar-refractivity contribution in [3.63, 3.8) is 0 Å². The molecule has 1 aromatic carbocycles. The molecule has 0 aliphatic carbocycles. The number of nitrogens with one attached hydrogen (secondary N) is 2. The Balaban J connectivity index is 1.99. The van der Waals surface area contributed by atoms with E-state index in [1.54, 1.807) is 13.3 Å². The molecule has 0 unspecified atom stereocenters. The number of aromatic nitrogens is 2. The first-order chi connectivity index (χ1) is 12.0. The minimum atomic E-state index is -0.235. The molecule has 0 spiro atoms. The van der Waals surface area contributed by atoms with Crippen LogP contribution in [0.25, 0.3) is 0 Å². The number of guanidine groups is 1. The first-order valence-corrected chi connectivity index (χ1v) is 8.63. The summed E-state index contributed by atoms with van der Waals surface area (Å²) in [5, 5.41) is 6.61. The Morgan fingerprint density at radius 3 is 2.76 bits per heavy atom. The molecule has 25 heavy (non-hydrogen) atoms. The van der Waals surface area contributed by atoms with Crippen LogP contribution in [0.5, 0.6) is 0 Å². The molecule has 6 heteroatoms. The lowest BCUT2D eigenvalue weighted by Gasteiger charge is -2.24. The van der Waals surface area contributed by atoms with Gasteiger partial charge in [-0.3, -0.25) is 0 Å². The summed E-state index contributed by atoms with van der Waals surface area (Å²) in [7, 11) is 1.72. The van der Waals surface area contributed by atoms with Gasteiger partial charge in [-0.05, 0) is 31.9 Å². The van der Waals surface area contributed by atoms with Crippen molar-refractivity contribution in [1.29, 1.82) is 0 Å². The first kappa shape index (κ1) is 19.0. The lowest BCUT2D eigenvalue weighted by atomic mass is 10.1. The number of methoxy groups -OCH3 is 1. The quantitative estimate of drug-likeness (QED) is 0.571. The monoisotopic (exact) mass is 343 g/mol. The Hall–Kier alpha value is -2.34. The molecule has 0 bridgehead atoms. The van der Waals surface area contributed by atoms with Crippen molar-refractivity contribution in [3.8, 4) is 0 Å². The van der Waals surface area contributed by atoms with Crippen LogP contribution in [-0.4, -0.2) is 41.3 Å². The van der Waals surface area contributed by atoms with Crippen molar-refractivity contribution in [3.05, 3.63) is 54.1 Å². The Kier molecular flexibility index (Phi) is 7.01. The zero-order valence-corrected chi connectivity index (χ0v) is 15.6. The zero-order valence-electron chi connectivity index (χ0n) is 15.6. The highest BCUT2D eigenvalue weighted by Gasteiger charge is 2.16. The largest absolute Gasteiger partial charge is 0.377 e. The zero-order chi connectivity index (χ0) is 18.1. The number of ether oxygens (including phenoxy) is 1. The molecular formula is C19H29N5O. The summed E-state index contributed by atoms with van der Waals surface area (Å²) in [5.74, 6) is 0.799. The van der Waals surface area contributed by atoms with E-state index in [9.17, 15) is 0 Å². The van der Waals surface area contributed by atoms with Crippen LogP contribution in [0.3, 0.4) is 0 Å². The van der Waals surface area contributed by atoms with E-state index < -0.39 is 0 Å². The number of hydrogen-bond acceptors (Lipinski definition) is 3. The fourth-order valence-corrected chi connectivity index (χ4v) is 2.30. The van der Waals surface area contributed by atoms with Gasteiger partial charge in [-0.25, -0.2) is 9.98 Å². The number of nitrogens with zero attached hydrogens (tertiary/aromatic N) is 3. The van der Waals surface area contributed by atoms with E-state index in [-0.39, 0.29) is 5.60 Å². The van der Waals surface area contributed by atoms with Gasteiger partial charge in [0.2, 0.25) is 0 Å². The lowest BCUT2D eigenvalue weighted by molar-refractivity contribution is 0.0268. The SMILES string of the molecule is CCNC(=NCc1cccc(Cn2ccnc2)c1)NCC(C)(C)OC. The molecule has 1 aromatic heterocycles. The van der Waals surface area contributed by atoms with Crippen LogP contribution in [-0.2, 0) is 17.8 Å². The van der Waals surface area contributed by atoms with Crippen LogP contribution in [0.15, 0.2) is 48.0 Å². The van der Waals surface area contributed by atoms with Gasteiger partial charge in [0.1, 0.15) is 0 Å². The van der Waals surface area contributed by atoms with Crippen molar-refractivity contribution in [2.45, 2.75) is 39.5 Å². The molecule has 136 valence electrons. The topological polar surface area (TPSA) is 63.5 Å². The van der Waals surface area contributed by atoms with E-state index in [1.165, 1.54) is 11.1 Å². The minimum Gasteiger partial charge on any atom is -0.377 e. The summed E-state index contributed by atoms with van der Waals surface area (Å²) in [6.07, 6.45) is 5.59. The van der Waals surface area contributed by atoms with Crippen molar-refractivity contribution in [1.82, 2.24) is 20.2 Å². The summed E-state index contributed by atoms with van der Waals surface area (Å²) in [4.78, 5) is 8.76. The summed E-state index contributed by atoms with van der Waals surface area (Å²) >= 11 is 0. The van der Waals surface area contributed by atoms with Gasteiger partial charge >= 0.3 is 0 Å². The number of aliphatic imine (C=N–C) groups is 1. The van der Waals surface area contributed by atoms with Crippen LogP contribution in [0.1, 0.15) is 31.9 Å². The molecule has 0 fully saturated rings. The second-order valence-corrected chi connectivity index (χ2v) is 6.57. The highest BCUT2D eigenvalue weighted by Crippen LogP contribution is 2.09. The highest BCUT2D eigenvalue weighted by molar-refractivity contribution is 5.79. The first-order valence-electron chi connectivity index (χ1n) is 8.63. The Morgan fingerprint density at radius 2 is 2.08 bits per heavy atom. The van der Waals surface area contributed by atoms with E-state index >= 15 is 0 Å². The maximum Gasteiger partial charge on any atom is 0.191 e. The van der Waals surface area contributed by atoms with Crippen LogP contribution in [0, 0.1) is 0 Å². The van der Waals surface area contributed by atoms with Crippen molar-refractivity contribution >= 4 is 5.96 Å². The second kappa shape index (κ2) is 9.22. The smallest absolute Gasteiger partial charge is 0.191 e. The minimum absolute atomic E-state index is 0.235. The van der Waals surface area contributed by atoms with Gasteiger partial charge in [0.25, 0.3) is 0 Å². The number of rotatable bonds is 8. The molecule has 0 saturated carbocycles. The van der Waals surface area contributed by atoms with Crippen LogP contribution in [0.4, 0.5) is 0 Å². The van der Waals surface area contributed by atoms with Crippen molar-refractivity contribution < 1.29 is 4.74 Å². The standard InChI is InChI=1S/C19H29N5O/c1-5-21-18(23-14-19(2,3)25-4)22-12-16-7-6-8-17(11-16)13-24-10-9-20-15-24/h6-11,15H,5,12-14H2,1-4H3,(H2,21,22,23). The summed E-state index contributed by atoms with van der Waals surface area (Å²) < 4.78 is 7.50. The molecule has 6 nitrogen and oxygen atoms in total. The third-order valence-electron chi connectivity index (χ3n) is 3.91. The average molecular weight is 343 g/mol. The molecular weight excluding hydrogens is 314 g/mol. The second-order valence-electron chi connectivity index (χ2n) is 6.57. The normalized spacial score (nSPS) is 12.2. The van der Waals surface area contributed by atoms with Gasteiger partial charge < -0.3 is 19.9 Å². The Labute approximate surface area is 150 Å². The Morgan fingerprint density at radius 1 is 1.28 bits per heavy atom. The summed E-state index contributed by atoms with van der Waals surface area (Å²) in [5.41, 5.74) is 2.19. The molecule has 0 aliphatic heterocycles. The average Bonchev–Trinajstić information content (AvgIpc) is 3.11. The fourth-order valence-electron chi connectivity index (χ4n) is 2.30. The number of imidazole rings is 1. The number of hydrogen-bond donors (Lipinski definition) is 2. The third kappa shape index (κ3) is 6.58. The van der Waals surface area contributed by atoms with Gasteiger partial charge in [-0.2, -0.15) is 0 Å². The number of benzene rings is 1. The maximum atomic E-state index is 5.44. The van der Waals surface area contributed by atoms with Crippen LogP contribution >= 0.6 is 0 Å². The molecule has 0 amide bonds. The van der Waals surface area contributed by atoms with Crippen molar-refractivity contribution in [2.75, 3.05) is 20.2 Å². The Bertz CT molecular complexity index is 664. The lowest BCUT2D eigenvalue weighted by Crippen LogP contribution is -2.45. The molecule has 0 aliphatic rings. The third-order valence-corrected chi connectivity index (χ3v) is 3.91. The van der Waals surface area contributed by atoms with Gasteiger partial charge in [-0.1, -0.05) is 24.3 Å². The van der Waals surface area contributed by atoms with E-state index in [1.807, 2.05) is 26.4 Å². The highest BCUT2D eigenvalue weighted by atomic mass is 16.5. The van der Waals surface area contributed by atoms with E-state index in [2.05, 4.69) is 56.4 Å². The maximum absolute atomic E-state index is 5.44. The molecule has 2 aromatic rings. The van der Waals surface area contributed by atoms with Crippen LogP contribution < -0.4 is 10.6 Å². The summed E-state index contributed by atoms with van der Waals surface area (Å²) in [6, 6.07) is 8.49.